The molecule has 1 atom stereocenters. The molecule has 1 fully saturated rings. The van der Waals surface area contributed by atoms with Crippen molar-refractivity contribution in [2.75, 3.05) is 6.54 Å². The van der Waals surface area contributed by atoms with Gasteiger partial charge in [0, 0.05) is 18.0 Å². The Morgan fingerprint density at radius 1 is 1.41 bits per heavy atom. The predicted octanol–water partition coefficient (Wildman–Crippen LogP) is 4.65. The number of nitrogens with zero attached hydrogens (tertiary/aromatic N) is 2. The molecule has 1 aliphatic rings. The summed E-state index contributed by atoms with van der Waals surface area (Å²) in [6.07, 6.45) is 3.65. The van der Waals surface area contributed by atoms with Crippen LogP contribution in [-0.2, 0) is 4.74 Å². The fourth-order valence-electron chi connectivity index (χ4n) is 2.55. The van der Waals surface area contributed by atoms with Crippen LogP contribution in [0.25, 0.3) is 0 Å². The molecule has 0 aromatic carbocycles. The summed E-state index contributed by atoms with van der Waals surface area (Å²) in [6.45, 7) is 10.8. The van der Waals surface area contributed by atoms with Crippen LogP contribution >= 0.6 is 11.8 Å². The minimum atomic E-state index is -0.458. The average Bonchev–Trinajstić information content (AvgIpc) is 2.86. The molecule has 1 amide bonds. The number of hydrogen-bond donors (Lipinski definition) is 0. The molecule has 122 valence electrons. The van der Waals surface area contributed by atoms with Crippen molar-refractivity contribution >= 4 is 17.9 Å². The number of amides is 1. The zero-order valence-corrected chi connectivity index (χ0v) is 14.9. The Balaban J connectivity index is 2.08. The third-order valence-electron chi connectivity index (χ3n) is 3.38. The van der Waals surface area contributed by atoms with Gasteiger partial charge in [-0.25, -0.2) is 9.78 Å². The van der Waals surface area contributed by atoms with Crippen LogP contribution in [0.5, 0.6) is 0 Å². The zero-order chi connectivity index (χ0) is 16.3. The third kappa shape index (κ3) is 4.63. The molecule has 2 rings (SSSR count). The van der Waals surface area contributed by atoms with E-state index in [4.69, 9.17) is 4.74 Å². The predicted molar refractivity (Wildman–Crippen MR) is 90.1 cm³/mol. The molecular formula is C17H26N2O2S. The normalized spacial score (nSPS) is 18.8. The number of hydrogen-bond acceptors (Lipinski definition) is 4. The van der Waals surface area contributed by atoms with Gasteiger partial charge in [-0.2, -0.15) is 0 Å². The minimum Gasteiger partial charge on any atom is -0.444 e. The van der Waals surface area contributed by atoms with Crippen molar-refractivity contribution in [2.24, 2.45) is 0 Å². The van der Waals surface area contributed by atoms with E-state index >= 15 is 0 Å². The van der Waals surface area contributed by atoms with E-state index in [9.17, 15) is 4.79 Å². The molecule has 0 spiro atoms. The molecule has 1 aromatic rings. The van der Waals surface area contributed by atoms with Crippen LogP contribution in [0.2, 0.25) is 0 Å². The van der Waals surface area contributed by atoms with Gasteiger partial charge < -0.3 is 9.64 Å². The number of ether oxygens (including phenoxy) is 1. The van der Waals surface area contributed by atoms with Gasteiger partial charge in [0.05, 0.1) is 11.1 Å². The lowest BCUT2D eigenvalue weighted by Crippen LogP contribution is -2.36. The quantitative estimate of drug-likeness (QED) is 0.759. The lowest BCUT2D eigenvalue weighted by molar-refractivity contribution is 0.0224. The highest BCUT2D eigenvalue weighted by Crippen LogP contribution is 2.33. The van der Waals surface area contributed by atoms with Gasteiger partial charge in [0.2, 0.25) is 0 Å². The first kappa shape index (κ1) is 17.1. The number of aromatic nitrogens is 1. The molecule has 0 N–H and O–H groups in total. The summed E-state index contributed by atoms with van der Waals surface area (Å²) in [6, 6.07) is 4.22. The van der Waals surface area contributed by atoms with Crippen molar-refractivity contribution in [3.05, 3.63) is 23.9 Å². The maximum absolute atomic E-state index is 12.3. The lowest BCUT2D eigenvalue weighted by Gasteiger charge is -2.28. The molecule has 1 aliphatic heterocycles. The molecule has 2 heterocycles. The maximum Gasteiger partial charge on any atom is 0.410 e. The highest BCUT2D eigenvalue weighted by atomic mass is 32.2. The molecule has 4 nitrogen and oxygen atoms in total. The number of rotatable bonds is 3. The van der Waals surface area contributed by atoms with E-state index in [0.29, 0.717) is 5.25 Å². The van der Waals surface area contributed by atoms with E-state index in [1.807, 2.05) is 37.9 Å². The largest absolute Gasteiger partial charge is 0.444 e. The average molecular weight is 322 g/mol. The highest BCUT2D eigenvalue weighted by molar-refractivity contribution is 7.99. The first-order valence-electron chi connectivity index (χ1n) is 7.88. The maximum atomic E-state index is 12.3. The third-order valence-corrected chi connectivity index (χ3v) is 4.34. The molecule has 22 heavy (non-hydrogen) atoms. The Bertz CT molecular complexity index is 508. The van der Waals surface area contributed by atoms with Crippen LogP contribution in [0, 0.1) is 0 Å². The minimum absolute atomic E-state index is 0.0837. The first-order valence-corrected chi connectivity index (χ1v) is 8.76. The molecular weight excluding hydrogens is 296 g/mol. The van der Waals surface area contributed by atoms with Crippen LogP contribution in [0.4, 0.5) is 4.79 Å². The van der Waals surface area contributed by atoms with Gasteiger partial charge in [0.1, 0.15) is 5.60 Å². The van der Waals surface area contributed by atoms with Gasteiger partial charge in [0.15, 0.2) is 0 Å². The van der Waals surface area contributed by atoms with Gasteiger partial charge in [-0.1, -0.05) is 19.9 Å². The van der Waals surface area contributed by atoms with Crippen LogP contribution in [0.3, 0.4) is 0 Å². The SMILES string of the molecule is CC(C)Sc1ccc([C@@H]2CCCN2C(=O)OC(C)(C)C)cn1. The Hall–Kier alpha value is -1.23. The first-order chi connectivity index (χ1) is 10.3. The molecule has 5 heteroatoms. The fraction of sp³-hybridized carbons (Fsp3) is 0.647. The summed E-state index contributed by atoms with van der Waals surface area (Å²) in [5.74, 6) is 0. The van der Waals surface area contributed by atoms with Crippen LogP contribution in [-0.4, -0.2) is 33.4 Å². The fourth-order valence-corrected chi connectivity index (χ4v) is 3.30. The Morgan fingerprint density at radius 2 is 2.14 bits per heavy atom. The van der Waals surface area contributed by atoms with Crippen molar-refractivity contribution in [1.82, 2.24) is 9.88 Å². The topological polar surface area (TPSA) is 42.4 Å². The zero-order valence-electron chi connectivity index (χ0n) is 14.1. The summed E-state index contributed by atoms with van der Waals surface area (Å²) in [7, 11) is 0. The van der Waals surface area contributed by atoms with Crippen molar-refractivity contribution in [3.63, 3.8) is 0 Å². The monoisotopic (exact) mass is 322 g/mol. The molecule has 1 aromatic heterocycles. The Morgan fingerprint density at radius 3 is 2.68 bits per heavy atom. The Kier molecular flexibility index (Phi) is 5.37. The van der Waals surface area contributed by atoms with E-state index in [-0.39, 0.29) is 12.1 Å². The van der Waals surface area contributed by atoms with Gasteiger partial charge >= 0.3 is 6.09 Å². The van der Waals surface area contributed by atoms with Gasteiger partial charge in [-0.3, -0.25) is 0 Å². The van der Waals surface area contributed by atoms with Gasteiger partial charge in [0.25, 0.3) is 0 Å². The number of carbonyl (C=O) groups is 1. The highest BCUT2D eigenvalue weighted by Gasteiger charge is 2.33. The molecule has 0 aliphatic carbocycles. The summed E-state index contributed by atoms with van der Waals surface area (Å²) < 4.78 is 5.51. The number of pyridine rings is 1. The second-order valence-corrected chi connectivity index (χ2v) is 8.52. The van der Waals surface area contributed by atoms with E-state index in [0.717, 1.165) is 30.0 Å². The van der Waals surface area contributed by atoms with Crippen LogP contribution in [0.1, 0.15) is 59.1 Å². The molecule has 0 bridgehead atoms. The van der Waals surface area contributed by atoms with Gasteiger partial charge in [-0.05, 0) is 45.2 Å². The summed E-state index contributed by atoms with van der Waals surface area (Å²) >= 11 is 1.75. The molecule has 1 saturated heterocycles. The molecule has 0 unspecified atom stereocenters. The van der Waals surface area contributed by atoms with Gasteiger partial charge in [-0.15, -0.1) is 11.8 Å². The Labute approximate surface area is 137 Å². The van der Waals surface area contributed by atoms with Crippen LogP contribution in [0.15, 0.2) is 23.4 Å². The van der Waals surface area contributed by atoms with E-state index in [2.05, 4.69) is 24.9 Å². The van der Waals surface area contributed by atoms with E-state index in [1.165, 1.54) is 0 Å². The van der Waals surface area contributed by atoms with E-state index in [1.54, 1.807) is 11.8 Å². The van der Waals surface area contributed by atoms with E-state index < -0.39 is 5.60 Å². The van der Waals surface area contributed by atoms with Crippen molar-refractivity contribution < 1.29 is 9.53 Å². The second kappa shape index (κ2) is 6.90. The molecule has 0 saturated carbocycles. The van der Waals surface area contributed by atoms with Crippen molar-refractivity contribution in [1.29, 1.82) is 0 Å². The number of likely N-dealkylation sites (tertiary alicyclic amines) is 1. The summed E-state index contributed by atoms with van der Waals surface area (Å²) in [5.41, 5.74) is 0.636. The molecule has 0 radical (unpaired) electrons. The van der Waals surface area contributed by atoms with Crippen molar-refractivity contribution in [3.8, 4) is 0 Å². The summed E-state index contributed by atoms with van der Waals surface area (Å²) in [4.78, 5) is 18.7. The smallest absolute Gasteiger partial charge is 0.410 e. The standard InChI is InChI=1S/C17H26N2O2S/c1-12(2)22-15-9-8-13(11-18-15)14-7-6-10-19(14)16(20)21-17(3,4)5/h8-9,11-12,14H,6-7,10H2,1-5H3/t14-/m0/s1. The number of thioether (sulfide) groups is 1. The number of carbonyl (C=O) groups excluding carboxylic acids is 1. The lowest BCUT2D eigenvalue weighted by atomic mass is 10.1. The second-order valence-electron chi connectivity index (χ2n) is 6.93. The van der Waals surface area contributed by atoms with Crippen molar-refractivity contribution in [2.45, 2.75) is 69.4 Å². The summed E-state index contributed by atoms with van der Waals surface area (Å²) in [5, 5.41) is 1.55. The van der Waals surface area contributed by atoms with Crippen LogP contribution < -0.4 is 0 Å².